The third kappa shape index (κ3) is 2.46. The van der Waals surface area contributed by atoms with Crippen molar-refractivity contribution in [3.05, 3.63) is 60.0 Å². The van der Waals surface area contributed by atoms with Gasteiger partial charge in [-0.3, -0.25) is 0 Å². The highest BCUT2D eigenvalue weighted by Crippen LogP contribution is 2.28. The first-order chi connectivity index (χ1) is 9.34. The van der Waals surface area contributed by atoms with E-state index in [-0.39, 0.29) is 0 Å². The maximum atomic E-state index is 6.23. The lowest BCUT2D eigenvalue weighted by molar-refractivity contribution is 0.564. The summed E-state index contributed by atoms with van der Waals surface area (Å²) in [7, 11) is 0. The van der Waals surface area contributed by atoms with E-state index in [1.54, 1.807) is 23.5 Å². The SMILES string of the molecule is Clc1cccc(NCc2ccoc2)c1-n1cncn1. The number of aromatic nitrogens is 3. The van der Waals surface area contributed by atoms with Crippen LogP contribution in [0.2, 0.25) is 5.02 Å². The van der Waals surface area contributed by atoms with Gasteiger partial charge >= 0.3 is 0 Å². The van der Waals surface area contributed by atoms with Crippen molar-refractivity contribution in [2.45, 2.75) is 6.54 Å². The highest BCUT2D eigenvalue weighted by Gasteiger charge is 2.09. The number of hydrogen-bond donors (Lipinski definition) is 1. The molecule has 0 aliphatic heterocycles. The largest absolute Gasteiger partial charge is 0.472 e. The summed E-state index contributed by atoms with van der Waals surface area (Å²) in [4.78, 5) is 3.94. The third-order valence-corrected chi connectivity index (χ3v) is 3.00. The standard InChI is InChI=1S/C13H11ClN4O/c14-11-2-1-3-12(13(11)18-9-15-8-17-18)16-6-10-4-5-19-7-10/h1-5,7-9,16H,6H2. The molecule has 0 radical (unpaired) electrons. The molecule has 1 N–H and O–H groups in total. The van der Waals surface area contributed by atoms with Gasteiger partial charge in [-0.15, -0.1) is 0 Å². The van der Waals surface area contributed by atoms with Crippen LogP contribution >= 0.6 is 11.6 Å². The van der Waals surface area contributed by atoms with Crippen molar-refractivity contribution in [1.82, 2.24) is 14.8 Å². The fourth-order valence-electron chi connectivity index (χ4n) is 1.81. The summed E-state index contributed by atoms with van der Waals surface area (Å²) in [6.45, 7) is 0.651. The van der Waals surface area contributed by atoms with E-state index in [1.807, 2.05) is 24.3 Å². The first-order valence-corrected chi connectivity index (χ1v) is 6.11. The van der Waals surface area contributed by atoms with E-state index in [4.69, 9.17) is 16.0 Å². The lowest BCUT2D eigenvalue weighted by atomic mass is 10.2. The quantitative estimate of drug-likeness (QED) is 0.794. The Balaban J connectivity index is 1.91. The molecule has 0 atom stereocenters. The smallest absolute Gasteiger partial charge is 0.138 e. The van der Waals surface area contributed by atoms with Gasteiger partial charge in [0.25, 0.3) is 0 Å². The lowest BCUT2D eigenvalue weighted by Crippen LogP contribution is -2.05. The molecular weight excluding hydrogens is 264 g/mol. The zero-order chi connectivity index (χ0) is 13.1. The number of anilines is 1. The minimum absolute atomic E-state index is 0.614. The summed E-state index contributed by atoms with van der Waals surface area (Å²) in [5.74, 6) is 0. The maximum Gasteiger partial charge on any atom is 0.138 e. The molecule has 2 aromatic heterocycles. The van der Waals surface area contributed by atoms with Gasteiger partial charge in [0.2, 0.25) is 0 Å². The van der Waals surface area contributed by atoms with Gasteiger partial charge in [0.15, 0.2) is 0 Å². The Morgan fingerprint density at radius 3 is 3.00 bits per heavy atom. The van der Waals surface area contributed by atoms with Gasteiger partial charge in [0.05, 0.1) is 23.2 Å². The van der Waals surface area contributed by atoms with Gasteiger partial charge < -0.3 is 9.73 Å². The van der Waals surface area contributed by atoms with Gasteiger partial charge in [0, 0.05) is 12.1 Å². The van der Waals surface area contributed by atoms with Crippen LogP contribution < -0.4 is 5.32 Å². The summed E-state index contributed by atoms with van der Waals surface area (Å²) in [5.41, 5.74) is 2.73. The minimum atomic E-state index is 0.614. The average Bonchev–Trinajstić information content (AvgIpc) is 3.09. The fraction of sp³-hybridized carbons (Fsp3) is 0.0769. The predicted molar refractivity (Wildman–Crippen MR) is 72.4 cm³/mol. The van der Waals surface area contributed by atoms with E-state index < -0.39 is 0 Å². The topological polar surface area (TPSA) is 55.9 Å². The van der Waals surface area contributed by atoms with Gasteiger partial charge in [-0.05, 0) is 18.2 Å². The van der Waals surface area contributed by atoms with E-state index in [1.165, 1.54) is 6.33 Å². The van der Waals surface area contributed by atoms with Crippen molar-refractivity contribution >= 4 is 17.3 Å². The van der Waals surface area contributed by atoms with E-state index in [9.17, 15) is 0 Å². The number of para-hydroxylation sites is 1. The van der Waals surface area contributed by atoms with Crippen LogP contribution in [0.15, 0.2) is 53.9 Å². The summed E-state index contributed by atoms with van der Waals surface area (Å²) >= 11 is 6.23. The number of benzene rings is 1. The van der Waals surface area contributed by atoms with Gasteiger partial charge in [-0.25, -0.2) is 9.67 Å². The summed E-state index contributed by atoms with van der Waals surface area (Å²) in [6, 6.07) is 7.57. The molecule has 1 aromatic carbocycles. The molecule has 5 nitrogen and oxygen atoms in total. The molecule has 6 heteroatoms. The van der Waals surface area contributed by atoms with Crippen molar-refractivity contribution in [2.24, 2.45) is 0 Å². The summed E-state index contributed by atoms with van der Waals surface area (Å²) in [6.07, 6.45) is 6.44. The van der Waals surface area contributed by atoms with Gasteiger partial charge in [-0.2, -0.15) is 5.10 Å². The normalized spacial score (nSPS) is 10.6. The van der Waals surface area contributed by atoms with Crippen molar-refractivity contribution in [3.63, 3.8) is 0 Å². The van der Waals surface area contributed by atoms with Crippen LogP contribution in [-0.4, -0.2) is 14.8 Å². The maximum absolute atomic E-state index is 6.23. The van der Waals surface area contributed by atoms with Crippen molar-refractivity contribution in [1.29, 1.82) is 0 Å². The van der Waals surface area contributed by atoms with Gasteiger partial charge in [0.1, 0.15) is 18.3 Å². The van der Waals surface area contributed by atoms with Crippen LogP contribution in [0, 0.1) is 0 Å². The zero-order valence-electron chi connectivity index (χ0n) is 9.95. The van der Waals surface area contributed by atoms with Crippen molar-refractivity contribution < 1.29 is 4.42 Å². The Morgan fingerprint density at radius 1 is 1.32 bits per heavy atom. The van der Waals surface area contributed by atoms with E-state index in [0.29, 0.717) is 11.6 Å². The summed E-state index contributed by atoms with van der Waals surface area (Å²) in [5, 5.41) is 8.04. The number of rotatable bonds is 4. The van der Waals surface area contributed by atoms with Crippen LogP contribution in [0.3, 0.4) is 0 Å². The first-order valence-electron chi connectivity index (χ1n) is 5.73. The van der Waals surface area contributed by atoms with Crippen LogP contribution in [0.4, 0.5) is 5.69 Å². The van der Waals surface area contributed by atoms with E-state index in [2.05, 4.69) is 15.4 Å². The van der Waals surface area contributed by atoms with Crippen LogP contribution in [0.25, 0.3) is 5.69 Å². The molecular formula is C13H11ClN4O. The van der Waals surface area contributed by atoms with Crippen molar-refractivity contribution in [2.75, 3.05) is 5.32 Å². The Morgan fingerprint density at radius 2 is 2.26 bits per heavy atom. The molecule has 0 amide bonds. The number of furan rings is 1. The number of hydrogen-bond acceptors (Lipinski definition) is 4. The Hall–Kier alpha value is -2.27. The lowest BCUT2D eigenvalue weighted by Gasteiger charge is -2.12. The minimum Gasteiger partial charge on any atom is -0.472 e. The number of nitrogens with one attached hydrogen (secondary N) is 1. The molecule has 0 unspecified atom stereocenters. The third-order valence-electron chi connectivity index (χ3n) is 2.70. The molecule has 0 spiro atoms. The monoisotopic (exact) mass is 274 g/mol. The number of nitrogens with zero attached hydrogens (tertiary/aromatic N) is 3. The van der Waals surface area contributed by atoms with Crippen LogP contribution in [-0.2, 0) is 6.54 Å². The second-order valence-corrected chi connectivity index (χ2v) is 4.37. The molecule has 0 bridgehead atoms. The highest BCUT2D eigenvalue weighted by molar-refractivity contribution is 6.33. The molecule has 0 saturated heterocycles. The predicted octanol–water partition coefficient (Wildman–Crippen LogP) is 3.13. The average molecular weight is 275 g/mol. The molecule has 0 aliphatic carbocycles. The summed E-state index contributed by atoms with van der Waals surface area (Å²) < 4.78 is 6.67. The molecule has 0 saturated carbocycles. The molecule has 19 heavy (non-hydrogen) atoms. The Kier molecular flexibility index (Phi) is 3.20. The Labute approximate surface area is 114 Å². The van der Waals surface area contributed by atoms with E-state index in [0.717, 1.165) is 16.9 Å². The highest BCUT2D eigenvalue weighted by atomic mass is 35.5. The molecule has 96 valence electrons. The second kappa shape index (κ2) is 5.16. The number of halogens is 1. The fourth-order valence-corrected chi connectivity index (χ4v) is 2.07. The van der Waals surface area contributed by atoms with Crippen molar-refractivity contribution in [3.8, 4) is 5.69 Å². The van der Waals surface area contributed by atoms with E-state index >= 15 is 0 Å². The molecule has 3 rings (SSSR count). The molecule has 0 fully saturated rings. The van der Waals surface area contributed by atoms with Gasteiger partial charge in [-0.1, -0.05) is 17.7 Å². The van der Waals surface area contributed by atoms with Crippen LogP contribution in [0.1, 0.15) is 5.56 Å². The molecule has 3 aromatic rings. The molecule has 0 aliphatic rings. The second-order valence-electron chi connectivity index (χ2n) is 3.96. The molecule has 2 heterocycles. The zero-order valence-corrected chi connectivity index (χ0v) is 10.7. The Bertz CT molecular complexity index is 649. The van der Waals surface area contributed by atoms with Crippen LogP contribution in [0.5, 0.6) is 0 Å². The first kappa shape index (κ1) is 11.8.